The van der Waals surface area contributed by atoms with Crippen LogP contribution >= 0.6 is 0 Å². The Kier molecular flexibility index (Phi) is 11.9. The summed E-state index contributed by atoms with van der Waals surface area (Å²) in [7, 11) is -0.0953. The van der Waals surface area contributed by atoms with Gasteiger partial charge in [-0.15, -0.1) is 0 Å². The molecule has 0 aliphatic carbocycles. The van der Waals surface area contributed by atoms with Crippen molar-refractivity contribution in [2.24, 2.45) is 0 Å². The molecule has 118 valence electrons. The zero-order chi connectivity index (χ0) is 16.8. The molecule has 0 nitrogen and oxygen atoms in total. The molecule has 1 rings (SSSR count). The van der Waals surface area contributed by atoms with E-state index in [2.05, 4.69) is 75.6 Å². The summed E-state index contributed by atoms with van der Waals surface area (Å²) in [5.74, 6) is 0. The average Bonchev–Trinajstić information content (AvgIpc) is 2.59. The molecule has 0 saturated carbocycles. The molecule has 1 aromatic carbocycles. The van der Waals surface area contributed by atoms with Gasteiger partial charge in [0.15, 0.2) is 14.7 Å². The quantitative estimate of drug-likeness (QED) is 0.383. The fourth-order valence-electron chi connectivity index (χ4n) is 1.86. The van der Waals surface area contributed by atoms with Crippen LogP contribution in [0, 0.1) is 0 Å². The van der Waals surface area contributed by atoms with Gasteiger partial charge in [-0.3, -0.25) is 0 Å². The normalized spacial score (nSPS) is 13.3. The molecule has 0 saturated heterocycles. The minimum absolute atomic E-state index is 0.0953. The Labute approximate surface area is 140 Å². The highest BCUT2D eigenvalue weighted by molar-refractivity contribution is 8.04. The van der Waals surface area contributed by atoms with Crippen molar-refractivity contribution < 1.29 is 0 Å². The Hall–Kier alpha value is -1.73. The summed E-state index contributed by atoms with van der Waals surface area (Å²) in [4.78, 5) is 3.88. The van der Waals surface area contributed by atoms with E-state index in [1.807, 2.05) is 32.1 Å². The van der Waals surface area contributed by atoms with E-state index in [9.17, 15) is 0 Å². The number of rotatable bonds is 7. The van der Waals surface area contributed by atoms with Crippen molar-refractivity contribution >= 4 is 10.9 Å². The molecule has 1 atom stereocenters. The minimum Gasteiger partial charge on any atom is -0.0991 e. The summed E-state index contributed by atoms with van der Waals surface area (Å²) in [6.45, 7) is 16.0. The molecule has 22 heavy (non-hydrogen) atoms. The Morgan fingerprint density at radius 2 is 1.73 bits per heavy atom. The van der Waals surface area contributed by atoms with Crippen molar-refractivity contribution in [3.8, 4) is 0 Å². The Bertz CT molecular complexity index is 518. The van der Waals surface area contributed by atoms with E-state index in [1.165, 1.54) is 14.7 Å². The van der Waals surface area contributed by atoms with Gasteiger partial charge in [0.25, 0.3) is 0 Å². The van der Waals surface area contributed by atoms with Crippen LogP contribution in [-0.4, -0.2) is 0 Å². The first kappa shape index (κ1) is 20.3. The second kappa shape index (κ2) is 13.0. The van der Waals surface area contributed by atoms with Gasteiger partial charge in [-0.1, -0.05) is 64.3 Å². The lowest BCUT2D eigenvalue weighted by molar-refractivity contribution is 1.22. The van der Waals surface area contributed by atoms with Crippen LogP contribution in [0.15, 0.2) is 94.7 Å². The van der Waals surface area contributed by atoms with E-state index in [0.717, 1.165) is 6.42 Å². The molecule has 1 aromatic rings. The van der Waals surface area contributed by atoms with Gasteiger partial charge in [0.1, 0.15) is 0 Å². The van der Waals surface area contributed by atoms with Crippen molar-refractivity contribution in [1.29, 1.82) is 0 Å². The molecule has 0 aromatic heterocycles. The SMILES string of the molecule is C=C/C=C\C(=C/C)[S+](/C(C=C)=C/CC)c1ccccc1.CC. The molecule has 0 heterocycles. The lowest BCUT2D eigenvalue weighted by atomic mass is 10.4. The summed E-state index contributed by atoms with van der Waals surface area (Å²) in [6.07, 6.45) is 13.4. The highest BCUT2D eigenvalue weighted by Gasteiger charge is 2.29. The second-order valence-corrected chi connectivity index (χ2v) is 6.15. The predicted molar refractivity (Wildman–Crippen MR) is 105 cm³/mol. The molecule has 0 bridgehead atoms. The molecular formula is C21H29S+. The van der Waals surface area contributed by atoms with Crippen LogP contribution < -0.4 is 0 Å². The molecule has 0 amide bonds. The lowest BCUT2D eigenvalue weighted by Gasteiger charge is -2.09. The van der Waals surface area contributed by atoms with Gasteiger partial charge >= 0.3 is 0 Å². The Morgan fingerprint density at radius 1 is 1.09 bits per heavy atom. The third-order valence-corrected chi connectivity index (χ3v) is 5.13. The van der Waals surface area contributed by atoms with Crippen molar-refractivity contribution in [3.63, 3.8) is 0 Å². The lowest BCUT2D eigenvalue weighted by Crippen LogP contribution is -2.07. The number of hydrogen-bond donors (Lipinski definition) is 0. The fraction of sp³-hybridized carbons (Fsp3) is 0.238. The largest absolute Gasteiger partial charge is 0.166 e. The predicted octanol–water partition coefficient (Wildman–Crippen LogP) is 6.82. The third kappa shape index (κ3) is 6.36. The molecular weight excluding hydrogens is 284 g/mol. The highest BCUT2D eigenvalue weighted by Crippen LogP contribution is 2.31. The Balaban J connectivity index is 0.00000211. The van der Waals surface area contributed by atoms with Gasteiger partial charge in [-0.2, -0.15) is 0 Å². The smallest absolute Gasteiger partial charge is 0.0991 e. The molecule has 1 unspecified atom stereocenters. The van der Waals surface area contributed by atoms with Crippen molar-refractivity contribution in [3.05, 3.63) is 89.8 Å². The summed E-state index contributed by atoms with van der Waals surface area (Å²) < 4.78 is 0. The molecule has 0 N–H and O–H groups in total. The van der Waals surface area contributed by atoms with E-state index in [1.54, 1.807) is 0 Å². The number of allylic oxidation sites excluding steroid dienone is 6. The van der Waals surface area contributed by atoms with Gasteiger partial charge in [0, 0.05) is 0 Å². The molecule has 0 spiro atoms. The van der Waals surface area contributed by atoms with Crippen molar-refractivity contribution in [2.75, 3.05) is 0 Å². The van der Waals surface area contributed by atoms with E-state index in [4.69, 9.17) is 0 Å². The monoisotopic (exact) mass is 313 g/mol. The zero-order valence-corrected chi connectivity index (χ0v) is 15.2. The van der Waals surface area contributed by atoms with Crippen LogP contribution in [0.4, 0.5) is 0 Å². The third-order valence-electron chi connectivity index (χ3n) is 2.74. The van der Waals surface area contributed by atoms with Gasteiger partial charge in [-0.05, 0) is 49.8 Å². The van der Waals surface area contributed by atoms with Crippen LogP contribution in [0.1, 0.15) is 34.1 Å². The zero-order valence-electron chi connectivity index (χ0n) is 14.4. The maximum Gasteiger partial charge on any atom is 0.166 e. The topological polar surface area (TPSA) is 0 Å². The molecule has 0 fully saturated rings. The van der Waals surface area contributed by atoms with Gasteiger partial charge < -0.3 is 0 Å². The summed E-state index contributed by atoms with van der Waals surface area (Å²) >= 11 is 0. The van der Waals surface area contributed by atoms with Crippen molar-refractivity contribution in [1.82, 2.24) is 0 Å². The van der Waals surface area contributed by atoms with E-state index >= 15 is 0 Å². The van der Waals surface area contributed by atoms with Gasteiger partial charge in [0.2, 0.25) is 0 Å². The van der Waals surface area contributed by atoms with Crippen LogP contribution in [0.2, 0.25) is 0 Å². The van der Waals surface area contributed by atoms with E-state index in [0.29, 0.717) is 0 Å². The van der Waals surface area contributed by atoms with Gasteiger partial charge in [0.05, 0.1) is 10.9 Å². The minimum atomic E-state index is -0.0953. The fourth-order valence-corrected chi connectivity index (χ4v) is 4.06. The second-order valence-electron chi connectivity index (χ2n) is 4.12. The summed E-state index contributed by atoms with van der Waals surface area (Å²) in [5, 5.41) is 0. The number of benzene rings is 1. The first-order valence-electron chi connectivity index (χ1n) is 7.85. The maximum atomic E-state index is 3.99. The van der Waals surface area contributed by atoms with Crippen molar-refractivity contribution in [2.45, 2.75) is 39.0 Å². The maximum absolute atomic E-state index is 3.99. The van der Waals surface area contributed by atoms with Crippen LogP contribution in [0.25, 0.3) is 0 Å². The average molecular weight is 314 g/mol. The molecule has 1 heteroatoms. The molecule has 0 aliphatic rings. The van der Waals surface area contributed by atoms with Crippen LogP contribution in [0.5, 0.6) is 0 Å². The summed E-state index contributed by atoms with van der Waals surface area (Å²) in [5.41, 5.74) is 0. The summed E-state index contributed by atoms with van der Waals surface area (Å²) in [6, 6.07) is 10.6. The number of hydrogen-bond acceptors (Lipinski definition) is 0. The Morgan fingerprint density at radius 3 is 2.18 bits per heavy atom. The standard InChI is InChI=1S/C19H23S.C2H6/c1-5-9-14-18(8-4)20(17(7-3)13-6-2)19-15-11-10-12-16-19;1-2/h5,7-16H,1,3,6H2,2,4H3;1-2H3/q+1;/b14-9-,17-13+,18-8+;. The van der Waals surface area contributed by atoms with E-state index < -0.39 is 0 Å². The van der Waals surface area contributed by atoms with Crippen LogP contribution in [0.3, 0.4) is 0 Å². The van der Waals surface area contributed by atoms with Crippen LogP contribution in [-0.2, 0) is 10.9 Å². The molecule has 0 radical (unpaired) electrons. The van der Waals surface area contributed by atoms with E-state index in [-0.39, 0.29) is 10.9 Å². The first-order valence-corrected chi connectivity index (χ1v) is 9.08. The first-order chi connectivity index (χ1) is 10.8. The highest BCUT2D eigenvalue weighted by atomic mass is 32.2. The molecule has 0 aliphatic heterocycles. The van der Waals surface area contributed by atoms with Gasteiger partial charge in [-0.25, -0.2) is 0 Å².